The highest BCUT2D eigenvalue weighted by molar-refractivity contribution is 5.90. The zero-order valence-corrected chi connectivity index (χ0v) is 6.24. The molecule has 0 saturated carbocycles. The van der Waals surface area contributed by atoms with E-state index >= 15 is 0 Å². The fourth-order valence-electron chi connectivity index (χ4n) is 0.765. The van der Waals surface area contributed by atoms with Crippen LogP contribution in [0.5, 0.6) is 0 Å². The molecule has 0 bridgehead atoms. The second-order valence-electron chi connectivity index (χ2n) is 2.33. The molecule has 0 aliphatic carbocycles. The molecule has 0 saturated heterocycles. The summed E-state index contributed by atoms with van der Waals surface area (Å²) in [7, 11) is 1.76. The minimum Gasteiger partial charge on any atom is -0.478 e. The van der Waals surface area contributed by atoms with Crippen molar-refractivity contribution in [2.75, 3.05) is 7.05 Å². The van der Waals surface area contributed by atoms with Gasteiger partial charge >= 0.3 is 5.97 Å². The van der Waals surface area contributed by atoms with Crippen LogP contribution >= 0.6 is 0 Å². The van der Waals surface area contributed by atoms with Gasteiger partial charge in [-0.05, 0) is 12.2 Å². The van der Waals surface area contributed by atoms with Crippen LogP contribution < -0.4 is 0 Å². The number of hydrogen-bond donors (Lipinski definition) is 1. The number of carboxylic acid groups (broad SMARTS) is 1. The quantitative estimate of drug-likeness (QED) is 0.607. The molecule has 11 heavy (non-hydrogen) atoms. The van der Waals surface area contributed by atoms with Gasteiger partial charge < -0.3 is 10.0 Å². The minimum absolute atomic E-state index is 0.278. The fraction of sp³-hybridized carbons (Fsp3) is 0.125. The van der Waals surface area contributed by atoms with E-state index in [1.807, 2.05) is 0 Å². The van der Waals surface area contributed by atoms with Gasteiger partial charge in [0.2, 0.25) is 0 Å². The summed E-state index contributed by atoms with van der Waals surface area (Å²) in [5.41, 5.74) is 1.06. The monoisotopic (exact) mass is 151 g/mol. The van der Waals surface area contributed by atoms with Crippen LogP contribution in [0.1, 0.15) is 0 Å². The number of nitrogens with zero attached hydrogens (tertiary/aromatic N) is 1. The van der Waals surface area contributed by atoms with Crippen LogP contribution in [0.4, 0.5) is 0 Å². The molecule has 0 amide bonds. The summed E-state index contributed by atoms with van der Waals surface area (Å²) in [5.74, 6) is -0.916. The maximum atomic E-state index is 10.4. The first-order chi connectivity index (χ1) is 5.11. The highest BCUT2D eigenvalue weighted by atomic mass is 16.4. The summed E-state index contributed by atoms with van der Waals surface area (Å²) in [4.78, 5) is 12.1. The summed E-state index contributed by atoms with van der Waals surface area (Å²) in [6.45, 7) is 3.69. The van der Waals surface area contributed by atoms with Gasteiger partial charge in [0, 0.05) is 18.9 Å². The maximum absolute atomic E-state index is 10.4. The topological polar surface area (TPSA) is 40.5 Å². The standard InChI is InChI=1S/C8H9NO2/c1-6-3-4-7(8(10)11)5-9(6)2/h3-5H,1H2,2H3,(H,10,11). The smallest absolute Gasteiger partial charge is 0.337 e. The third kappa shape index (κ3) is 1.49. The summed E-state index contributed by atoms with van der Waals surface area (Å²) >= 11 is 0. The van der Waals surface area contributed by atoms with Crippen LogP contribution in [0.2, 0.25) is 0 Å². The van der Waals surface area contributed by atoms with E-state index in [2.05, 4.69) is 6.58 Å². The predicted octanol–water partition coefficient (Wildman–Crippen LogP) is 0.970. The molecule has 0 aromatic heterocycles. The molecule has 3 heteroatoms. The third-order valence-electron chi connectivity index (χ3n) is 1.49. The molecule has 0 unspecified atom stereocenters. The Morgan fingerprint density at radius 3 is 2.73 bits per heavy atom. The Morgan fingerprint density at radius 2 is 2.27 bits per heavy atom. The lowest BCUT2D eigenvalue weighted by Crippen LogP contribution is -2.14. The third-order valence-corrected chi connectivity index (χ3v) is 1.49. The van der Waals surface area contributed by atoms with E-state index in [0.717, 1.165) is 5.70 Å². The van der Waals surface area contributed by atoms with Gasteiger partial charge in [0.15, 0.2) is 0 Å². The molecule has 1 rings (SSSR count). The lowest BCUT2D eigenvalue weighted by atomic mass is 10.2. The van der Waals surface area contributed by atoms with Crippen LogP contribution in [-0.4, -0.2) is 23.0 Å². The average Bonchev–Trinajstić information content (AvgIpc) is 1.94. The molecule has 0 aromatic rings. The van der Waals surface area contributed by atoms with Crippen molar-refractivity contribution in [1.29, 1.82) is 0 Å². The highest BCUT2D eigenvalue weighted by Crippen LogP contribution is 2.12. The number of rotatable bonds is 1. The molecular formula is C8H9NO2. The molecule has 0 radical (unpaired) electrons. The lowest BCUT2D eigenvalue weighted by molar-refractivity contribution is -0.132. The van der Waals surface area contributed by atoms with Crippen LogP contribution in [-0.2, 0) is 4.79 Å². The molecule has 1 heterocycles. The van der Waals surface area contributed by atoms with Gasteiger partial charge in [0.1, 0.15) is 0 Å². The van der Waals surface area contributed by atoms with Gasteiger partial charge in [-0.3, -0.25) is 0 Å². The van der Waals surface area contributed by atoms with E-state index in [0.29, 0.717) is 0 Å². The van der Waals surface area contributed by atoms with Crippen molar-refractivity contribution in [2.24, 2.45) is 0 Å². The van der Waals surface area contributed by atoms with Crippen molar-refractivity contribution in [2.45, 2.75) is 0 Å². The number of carboxylic acids is 1. The van der Waals surface area contributed by atoms with Crippen LogP contribution in [0.25, 0.3) is 0 Å². The summed E-state index contributed by atoms with van der Waals surface area (Å²) < 4.78 is 0. The fourth-order valence-corrected chi connectivity index (χ4v) is 0.765. The number of hydrogen-bond acceptors (Lipinski definition) is 2. The van der Waals surface area contributed by atoms with Gasteiger partial charge in [-0.1, -0.05) is 6.58 Å². The summed E-state index contributed by atoms with van der Waals surface area (Å²) in [6.07, 6.45) is 4.73. The van der Waals surface area contributed by atoms with Gasteiger partial charge in [-0.25, -0.2) is 4.79 Å². The van der Waals surface area contributed by atoms with E-state index < -0.39 is 5.97 Å². The first-order valence-corrected chi connectivity index (χ1v) is 3.16. The summed E-state index contributed by atoms with van der Waals surface area (Å²) in [5, 5.41) is 8.57. The van der Waals surface area contributed by atoms with Crippen molar-refractivity contribution in [3.8, 4) is 0 Å². The second-order valence-corrected chi connectivity index (χ2v) is 2.33. The minimum atomic E-state index is -0.916. The molecule has 1 aliphatic heterocycles. The Hall–Kier alpha value is -1.51. The van der Waals surface area contributed by atoms with E-state index in [1.54, 1.807) is 18.0 Å². The SMILES string of the molecule is C=C1C=CC(C(=O)O)=CN1C. The van der Waals surface area contributed by atoms with E-state index in [-0.39, 0.29) is 5.57 Å². The Bertz CT molecular complexity index is 263. The molecule has 0 aromatic carbocycles. The van der Waals surface area contributed by atoms with E-state index in [1.165, 1.54) is 12.3 Å². The number of allylic oxidation sites excluding steroid dienone is 1. The van der Waals surface area contributed by atoms with Crippen molar-refractivity contribution in [3.63, 3.8) is 0 Å². The Morgan fingerprint density at radius 1 is 1.64 bits per heavy atom. The largest absolute Gasteiger partial charge is 0.478 e. The normalized spacial score (nSPS) is 16.6. The van der Waals surface area contributed by atoms with Gasteiger partial charge in [-0.2, -0.15) is 0 Å². The van der Waals surface area contributed by atoms with Gasteiger partial charge in [0.25, 0.3) is 0 Å². The molecule has 0 spiro atoms. The predicted molar refractivity (Wildman–Crippen MR) is 41.8 cm³/mol. The zero-order chi connectivity index (χ0) is 8.43. The van der Waals surface area contributed by atoms with Gasteiger partial charge in [0.05, 0.1) is 5.57 Å². The van der Waals surface area contributed by atoms with Crippen molar-refractivity contribution in [3.05, 3.63) is 36.2 Å². The van der Waals surface area contributed by atoms with Crippen LogP contribution in [0, 0.1) is 0 Å². The van der Waals surface area contributed by atoms with Crippen LogP contribution in [0.15, 0.2) is 36.2 Å². The zero-order valence-electron chi connectivity index (χ0n) is 6.24. The average molecular weight is 151 g/mol. The molecule has 1 aliphatic rings. The van der Waals surface area contributed by atoms with Gasteiger partial charge in [-0.15, -0.1) is 0 Å². The first kappa shape index (κ1) is 7.60. The molecule has 58 valence electrons. The molecule has 0 fully saturated rings. The molecular weight excluding hydrogens is 142 g/mol. The van der Waals surface area contributed by atoms with E-state index in [9.17, 15) is 4.79 Å². The maximum Gasteiger partial charge on any atom is 0.337 e. The van der Waals surface area contributed by atoms with Crippen molar-refractivity contribution >= 4 is 5.97 Å². The number of aliphatic carboxylic acids is 1. The highest BCUT2D eigenvalue weighted by Gasteiger charge is 2.09. The molecule has 1 N–H and O–H groups in total. The van der Waals surface area contributed by atoms with Crippen molar-refractivity contribution in [1.82, 2.24) is 4.90 Å². The Labute approximate surface area is 64.9 Å². The number of likely N-dealkylation sites (N-methyl/N-ethyl adjacent to an activating group) is 1. The van der Waals surface area contributed by atoms with Crippen molar-refractivity contribution < 1.29 is 9.90 Å². The molecule has 0 atom stereocenters. The first-order valence-electron chi connectivity index (χ1n) is 3.16. The lowest BCUT2D eigenvalue weighted by Gasteiger charge is -2.18. The summed E-state index contributed by atoms with van der Waals surface area (Å²) in [6, 6.07) is 0. The number of carbonyl (C=O) groups is 1. The Balaban J connectivity index is 2.88. The Kier molecular flexibility index (Phi) is 1.81. The second kappa shape index (κ2) is 2.62. The van der Waals surface area contributed by atoms with Crippen LogP contribution in [0.3, 0.4) is 0 Å². The molecule has 3 nitrogen and oxygen atoms in total. The van der Waals surface area contributed by atoms with E-state index in [4.69, 9.17) is 5.11 Å².